The Morgan fingerprint density at radius 3 is 2.90 bits per heavy atom. The van der Waals surface area contributed by atoms with Crippen LogP contribution in [-0.2, 0) is 6.54 Å². The third-order valence-electron chi connectivity index (χ3n) is 4.16. The van der Waals surface area contributed by atoms with Crippen LogP contribution in [0, 0.1) is 6.92 Å². The third-order valence-corrected chi connectivity index (χ3v) is 4.16. The number of hydrogen-bond donors (Lipinski definition) is 1. The van der Waals surface area contributed by atoms with Crippen LogP contribution in [0.3, 0.4) is 0 Å². The minimum atomic E-state index is 0.505. The smallest absolute Gasteiger partial charge is 0.0447 e. The predicted octanol–water partition coefficient (Wildman–Crippen LogP) is 3.66. The summed E-state index contributed by atoms with van der Waals surface area (Å²) in [5, 5.41) is 3.52. The van der Waals surface area contributed by atoms with E-state index in [1.165, 1.54) is 43.5 Å². The van der Waals surface area contributed by atoms with Crippen molar-refractivity contribution in [1.82, 2.24) is 10.3 Å². The van der Waals surface area contributed by atoms with Crippen LogP contribution in [0.1, 0.15) is 57.7 Å². The Kier molecular flexibility index (Phi) is 5.41. The summed E-state index contributed by atoms with van der Waals surface area (Å²) in [5.74, 6) is 0. The lowest BCUT2D eigenvalue weighted by atomic mass is 10.1. The number of aromatic nitrogens is 1. The fraction of sp³-hybridized carbons (Fsp3) is 0.706. The lowest BCUT2D eigenvalue weighted by Crippen LogP contribution is -2.34. The first-order chi connectivity index (χ1) is 9.58. The average molecular weight is 275 g/mol. The van der Waals surface area contributed by atoms with Gasteiger partial charge in [-0.15, -0.1) is 0 Å². The predicted molar refractivity (Wildman–Crippen MR) is 86.2 cm³/mol. The van der Waals surface area contributed by atoms with Gasteiger partial charge >= 0.3 is 0 Å². The molecule has 1 atom stereocenters. The van der Waals surface area contributed by atoms with Gasteiger partial charge in [-0.25, -0.2) is 0 Å². The molecule has 2 heterocycles. The Balaban J connectivity index is 2.24. The number of hydrogen-bond acceptors (Lipinski definition) is 3. The Morgan fingerprint density at radius 1 is 1.35 bits per heavy atom. The summed E-state index contributed by atoms with van der Waals surface area (Å²) in [6.07, 6.45) is 7.39. The van der Waals surface area contributed by atoms with Gasteiger partial charge in [0.25, 0.3) is 0 Å². The first kappa shape index (κ1) is 15.3. The monoisotopic (exact) mass is 275 g/mol. The quantitative estimate of drug-likeness (QED) is 0.909. The molecule has 0 spiro atoms. The topological polar surface area (TPSA) is 28.2 Å². The van der Waals surface area contributed by atoms with Crippen molar-refractivity contribution in [3.8, 4) is 0 Å². The van der Waals surface area contributed by atoms with E-state index in [1.54, 1.807) is 0 Å². The van der Waals surface area contributed by atoms with E-state index in [4.69, 9.17) is 0 Å². The summed E-state index contributed by atoms with van der Waals surface area (Å²) in [4.78, 5) is 7.09. The highest BCUT2D eigenvalue weighted by molar-refractivity contribution is 5.54. The van der Waals surface area contributed by atoms with Gasteiger partial charge in [0, 0.05) is 48.3 Å². The van der Waals surface area contributed by atoms with Gasteiger partial charge in [0.05, 0.1) is 0 Å². The second kappa shape index (κ2) is 7.07. The zero-order chi connectivity index (χ0) is 14.5. The van der Waals surface area contributed by atoms with Crippen molar-refractivity contribution in [3.63, 3.8) is 0 Å². The molecule has 112 valence electrons. The van der Waals surface area contributed by atoms with E-state index in [9.17, 15) is 0 Å². The van der Waals surface area contributed by atoms with Crippen LogP contribution in [0.4, 0.5) is 5.69 Å². The van der Waals surface area contributed by atoms with Gasteiger partial charge in [-0.3, -0.25) is 4.98 Å². The summed E-state index contributed by atoms with van der Waals surface area (Å²) in [7, 11) is 0. The van der Waals surface area contributed by atoms with Gasteiger partial charge in [-0.2, -0.15) is 0 Å². The summed E-state index contributed by atoms with van der Waals surface area (Å²) >= 11 is 0. The van der Waals surface area contributed by atoms with Gasteiger partial charge in [-0.1, -0.05) is 26.7 Å². The lowest BCUT2D eigenvalue weighted by molar-refractivity contribution is 0.579. The standard InChI is InChI=1S/C17H29N3/c1-13(2)18-11-16-12-19-14(3)10-17(16)20-9-7-5-6-8-15(20)4/h10,12-13,15,18H,5-9,11H2,1-4H3. The number of nitrogens with one attached hydrogen (secondary N) is 1. The maximum absolute atomic E-state index is 4.49. The molecule has 1 aliphatic heterocycles. The Labute approximate surface area is 123 Å². The highest BCUT2D eigenvalue weighted by Crippen LogP contribution is 2.27. The van der Waals surface area contributed by atoms with Crippen LogP contribution in [0.25, 0.3) is 0 Å². The molecule has 0 radical (unpaired) electrons. The van der Waals surface area contributed by atoms with Crippen molar-refractivity contribution in [2.75, 3.05) is 11.4 Å². The van der Waals surface area contributed by atoms with E-state index in [-0.39, 0.29) is 0 Å². The molecule has 1 N–H and O–H groups in total. The number of pyridine rings is 1. The maximum atomic E-state index is 4.49. The molecule has 0 amide bonds. The average Bonchev–Trinajstić information content (AvgIpc) is 2.61. The van der Waals surface area contributed by atoms with Crippen LogP contribution < -0.4 is 10.2 Å². The normalized spacial score (nSPS) is 20.2. The first-order valence-corrected chi connectivity index (χ1v) is 8.03. The summed E-state index contributed by atoms with van der Waals surface area (Å²) in [6, 6.07) is 3.40. The lowest BCUT2D eigenvalue weighted by Gasteiger charge is -2.31. The molecule has 0 aliphatic carbocycles. The molecule has 0 aromatic carbocycles. The number of anilines is 1. The van der Waals surface area contributed by atoms with Crippen molar-refractivity contribution in [2.24, 2.45) is 0 Å². The van der Waals surface area contributed by atoms with Crippen LogP contribution in [0.2, 0.25) is 0 Å². The molecule has 1 unspecified atom stereocenters. The molecule has 1 fully saturated rings. The Morgan fingerprint density at radius 2 is 2.15 bits per heavy atom. The highest BCUT2D eigenvalue weighted by atomic mass is 15.2. The van der Waals surface area contributed by atoms with Crippen molar-refractivity contribution in [3.05, 3.63) is 23.5 Å². The fourth-order valence-electron chi connectivity index (χ4n) is 2.92. The van der Waals surface area contributed by atoms with Crippen LogP contribution in [0.15, 0.2) is 12.3 Å². The van der Waals surface area contributed by atoms with E-state index in [0.717, 1.165) is 12.2 Å². The van der Waals surface area contributed by atoms with E-state index < -0.39 is 0 Å². The van der Waals surface area contributed by atoms with Crippen molar-refractivity contribution < 1.29 is 0 Å². The van der Waals surface area contributed by atoms with Gasteiger partial charge in [0.15, 0.2) is 0 Å². The molecule has 3 nitrogen and oxygen atoms in total. The minimum Gasteiger partial charge on any atom is -0.368 e. The minimum absolute atomic E-state index is 0.505. The molecule has 1 aromatic heterocycles. The summed E-state index contributed by atoms with van der Waals surface area (Å²) in [6.45, 7) is 10.9. The van der Waals surface area contributed by atoms with Crippen LogP contribution in [-0.4, -0.2) is 23.6 Å². The second-order valence-corrected chi connectivity index (χ2v) is 6.38. The zero-order valence-electron chi connectivity index (χ0n) is 13.4. The van der Waals surface area contributed by atoms with Gasteiger partial charge in [0.2, 0.25) is 0 Å². The number of nitrogens with zero attached hydrogens (tertiary/aromatic N) is 2. The number of aryl methyl sites for hydroxylation is 1. The molecule has 1 saturated heterocycles. The van der Waals surface area contributed by atoms with Gasteiger partial charge in [0.1, 0.15) is 0 Å². The molecular formula is C17H29N3. The van der Waals surface area contributed by atoms with E-state index in [2.05, 4.69) is 55.2 Å². The second-order valence-electron chi connectivity index (χ2n) is 6.38. The molecule has 3 heteroatoms. The molecule has 0 saturated carbocycles. The zero-order valence-corrected chi connectivity index (χ0v) is 13.4. The largest absolute Gasteiger partial charge is 0.368 e. The molecule has 2 rings (SSSR count). The Hall–Kier alpha value is -1.09. The number of rotatable bonds is 4. The van der Waals surface area contributed by atoms with Crippen LogP contribution >= 0.6 is 0 Å². The molecule has 1 aromatic rings. The van der Waals surface area contributed by atoms with E-state index >= 15 is 0 Å². The van der Waals surface area contributed by atoms with E-state index in [1.807, 2.05) is 0 Å². The molecule has 0 bridgehead atoms. The van der Waals surface area contributed by atoms with Crippen molar-refractivity contribution in [1.29, 1.82) is 0 Å². The fourth-order valence-corrected chi connectivity index (χ4v) is 2.92. The third kappa shape index (κ3) is 3.95. The van der Waals surface area contributed by atoms with Crippen LogP contribution in [0.5, 0.6) is 0 Å². The molecular weight excluding hydrogens is 246 g/mol. The van der Waals surface area contributed by atoms with Crippen molar-refractivity contribution >= 4 is 5.69 Å². The Bertz CT molecular complexity index is 428. The summed E-state index contributed by atoms with van der Waals surface area (Å²) < 4.78 is 0. The maximum Gasteiger partial charge on any atom is 0.0447 e. The first-order valence-electron chi connectivity index (χ1n) is 8.03. The van der Waals surface area contributed by atoms with Crippen molar-refractivity contribution in [2.45, 2.75) is 72.0 Å². The highest BCUT2D eigenvalue weighted by Gasteiger charge is 2.20. The van der Waals surface area contributed by atoms with Gasteiger partial charge < -0.3 is 10.2 Å². The summed E-state index contributed by atoms with van der Waals surface area (Å²) in [5.41, 5.74) is 3.84. The SMILES string of the molecule is Cc1cc(N2CCCCCC2C)c(CNC(C)C)cn1. The molecule has 20 heavy (non-hydrogen) atoms. The van der Waals surface area contributed by atoms with Gasteiger partial charge in [-0.05, 0) is 32.8 Å². The van der Waals surface area contributed by atoms with E-state index in [0.29, 0.717) is 12.1 Å². The molecule has 1 aliphatic rings.